The fourth-order valence-electron chi connectivity index (χ4n) is 2.49. The minimum absolute atomic E-state index is 0.245. The second-order valence-corrected chi connectivity index (χ2v) is 5.75. The minimum atomic E-state index is -0.245. The summed E-state index contributed by atoms with van der Waals surface area (Å²) in [5.74, 6) is 0.496. The van der Waals surface area contributed by atoms with Crippen LogP contribution in [0.4, 0.5) is 5.69 Å². The van der Waals surface area contributed by atoms with Gasteiger partial charge in [-0.3, -0.25) is 4.79 Å². The van der Waals surface area contributed by atoms with Gasteiger partial charge in [-0.05, 0) is 43.7 Å². The third-order valence-corrected chi connectivity index (χ3v) is 3.69. The summed E-state index contributed by atoms with van der Waals surface area (Å²) in [5, 5.41) is 7.29. The van der Waals surface area contributed by atoms with Crippen molar-refractivity contribution in [2.45, 2.75) is 20.3 Å². The number of aryl methyl sites for hydroxylation is 1. The van der Waals surface area contributed by atoms with E-state index in [1.54, 1.807) is 10.7 Å². The zero-order valence-corrected chi connectivity index (χ0v) is 14.4. The first kappa shape index (κ1) is 16.8. The maximum atomic E-state index is 12.5. The molecule has 0 radical (unpaired) electrons. The van der Waals surface area contributed by atoms with E-state index in [1.165, 1.54) is 0 Å². The van der Waals surface area contributed by atoms with Crippen LogP contribution in [0.5, 0.6) is 5.75 Å². The van der Waals surface area contributed by atoms with Crippen molar-refractivity contribution in [3.05, 3.63) is 72.1 Å². The molecule has 0 saturated carbocycles. The summed E-state index contributed by atoms with van der Waals surface area (Å²) in [5.41, 5.74) is 2.89. The smallest absolute Gasteiger partial charge is 0.276 e. The molecule has 1 N–H and O–H groups in total. The molecule has 0 aliphatic heterocycles. The van der Waals surface area contributed by atoms with Gasteiger partial charge in [0.15, 0.2) is 5.69 Å². The zero-order valence-electron chi connectivity index (χ0n) is 14.4. The van der Waals surface area contributed by atoms with Crippen LogP contribution >= 0.6 is 0 Å². The number of hydrogen-bond acceptors (Lipinski definition) is 3. The minimum Gasteiger partial charge on any atom is -0.494 e. The van der Waals surface area contributed by atoms with Crippen molar-refractivity contribution < 1.29 is 9.53 Å². The number of carbonyl (C=O) groups is 1. The van der Waals surface area contributed by atoms with Crippen LogP contribution in [-0.2, 0) is 0 Å². The quantitative estimate of drug-likeness (QED) is 0.734. The van der Waals surface area contributed by atoms with Crippen molar-refractivity contribution in [3.8, 4) is 11.4 Å². The molecule has 3 aromatic rings. The van der Waals surface area contributed by atoms with E-state index >= 15 is 0 Å². The molecule has 1 amide bonds. The molecule has 3 rings (SSSR count). The molecule has 0 fully saturated rings. The van der Waals surface area contributed by atoms with Gasteiger partial charge in [-0.2, -0.15) is 5.10 Å². The highest BCUT2D eigenvalue weighted by atomic mass is 16.5. The van der Waals surface area contributed by atoms with Crippen LogP contribution in [0.3, 0.4) is 0 Å². The third kappa shape index (κ3) is 4.07. The molecule has 5 heteroatoms. The van der Waals surface area contributed by atoms with Crippen LogP contribution < -0.4 is 10.1 Å². The average Bonchev–Trinajstić information content (AvgIpc) is 3.03. The number of anilines is 1. The van der Waals surface area contributed by atoms with E-state index in [-0.39, 0.29) is 5.91 Å². The van der Waals surface area contributed by atoms with Crippen LogP contribution in [0.1, 0.15) is 29.5 Å². The number of para-hydroxylation sites is 1. The standard InChI is InChI=1S/C20H21N3O2/c1-3-12-25-18-11-7-8-16(14-18)21-20(24)19-13-15(2)23(22-19)17-9-5-4-6-10-17/h4-11,13-14H,3,12H2,1-2H3,(H,21,24). The van der Waals surface area contributed by atoms with E-state index in [0.717, 1.165) is 23.6 Å². The van der Waals surface area contributed by atoms with Crippen LogP contribution in [0.15, 0.2) is 60.7 Å². The predicted molar refractivity (Wildman–Crippen MR) is 98.5 cm³/mol. The Balaban J connectivity index is 1.76. The predicted octanol–water partition coefficient (Wildman–Crippen LogP) is 4.22. The summed E-state index contributed by atoms with van der Waals surface area (Å²) in [6.07, 6.45) is 0.937. The second kappa shape index (κ2) is 7.66. The summed E-state index contributed by atoms with van der Waals surface area (Å²) in [7, 11) is 0. The van der Waals surface area contributed by atoms with Crippen LogP contribution in [-0.4, -0.2) is 22.3 Å². The first-order valence-electron chi connectivity index (χ1n) is 8.33. The van der Waals surface area contributed by atoms with Crippen molar-refractivity contribution in [1.29, 1.82) is 0 Å². The normalized spacial score (nSPS) is 10.5. The molecule has 0 spiro atoms. The molecule has 2 aromatic carbocycles. The maximum Gasteiger partial charge on any atom is 0.276 e. The number of nitrogens with zero attached hydrogens (tertiary/aromatic N) is 2. The highest BCUT2D eigenvalue weighted by Gasteiger charge is 2.13. The van der Waals surface area contributed by atoms with E-state index in [1.807, 2.05) is 61.5 Å². The van der Waals surface area contributed by atoms with Gasteiger partial charge in [0.05, 0.1) is 12.3 Å². The first-order valence-corrected chi connectivity index (χ1v) is 8.33. The zero-order chi connectivity index (χ0) is 17.6. The molecule has 1 aromatic heterocycles. The number of carbonyl (C=O) groups excluding carboxylic acids is 1. The summed E-state index contributed by atoms with van der Waals surface area (Å²) < 4.78 is 7.35. The van der Waals surface area contributed by atoms with Gasteiger partial charge in [-0.15, -0.1) is 0 Å². The number of amides is 1. The van der Waals surface area contributed by atoms with E-state index in [0.29, 0.717) is 18.0 Å². The molecule has 0 atom stereocenters. The molecule has 0 saturated heterocycles. The van der Waals surface area contributed by atoms with E-state index in [2.05, 4.69) is 17.3 Å². The largest absolute Gasteiger partial charge is 0.494 e. The molecular weight excluding hydrogens is 314 g/mol. The molecule has 0 unspecified atom stereocenters. The van der Waals surface area contributed by atoms with Gasteiger partial charge in [0.2, 0.25) is 0 Å². The van der Waals surface area contributed by atoms with Crippen molar-refractivity contribution in [2.24, 2.45) is 0 Å². The lowest BCUT2D eigenvalue weighted by atomic mass is 10.3. The number of benzene rings is 2. The van der Waals surface area contributed by atoms with E-state index in [4.69, 9.17) is 4.74 Å². The summed E-state index contributed by atoms with van der Waals surface area (Å²) in [6.45, 7) is 4.63. The average molecular weight is 335 g/mol. The number of aromatic nitrogens is 2. The number of hydrogen-bond donors (Lipinski definition) is 1. The Hall–Kier alpha value is -3.08. The fourth-order valence-corrected chi connectivity index (χ4v) is 2.49. The molecular formula is C20H21N3O2. The molecule has 5 nitrogen and oxygen atoms in total. The molecule has 128 valence electrons. The lowest BCUT2D eigenvalue weighted by Crippen LogP contribution is -2.13. The number of rotatable bonds is 6. The lowest BCUT2D eigenvalue weighted by Gasteiger charge is -2.07. The monoisotopic (exact) mass is 335 g/mol. The number of nitrogens with one attached hydrogen (secondary N) is 1. The fraction of sp³-hybridized carbons (Fsp3) is 0.200. The second-order valence-electron chi connectivity index (χ2n) is 5.75. The Bertz CT molecular complexity index is 856. The first-order chi connectivity index (χ1) is 12.2. The summed E-state index contributed by atoms with van der Waals surface area (Å²) in [4.78, 5) is 12.5. The Morgan fingerprint density at radius 1 is 1.12 bits per heavy atom. The van der Waals surface area contributed by atoms with Crippen LogP contribution in [0, 0.1) is 6.92 Å². The highest BCUT2D eigenvalue weighted by molar-refractivity contribution is 6.03. The van der Waals surface area contributed by atoms with Crippen molar-refractivity contribution in [1.82, 2.24) is 9.78 Å². The van der Waals surface area contributed by atoms with Gasteiger partial charge >= 0.3 is 0 Å². The van der Waals surface area contributed by atoms with Crippen molar-refractivity contribution in [3.63, 3.8) is 0 Å². The Kier molecular flexibility index (Phi) is 5.14. The molecule has 0 bridgehead atoms. The molecule has 0 aliphatic rings. The van der Waals surface area contributed by atoms with Gasteiger partial charge in [-0.25, -0.2) is 4.68 Å². The van der Waals surface area contributed by atoms with Gasteiger partial charge in [-0.1, -0.05) is 31.2 Å². The Labute approximate surface area is 147 Å². The van der Waals surface area contributed by atoms with E-state index in [9.17, 15) is 4.79 Å². The van der Waals surface area contributed by atoms with Crippen LogP contribution in [0.25, 0.3) is 5.69 Å². The SMILES string of the molecule is CCCOc1cccc(NC(=O)c2cc(C)n(-c3ccccc3)n2)c1. The Morgan fingerprint density at radius 2 is 1.92 bits per heavy atom. The van der Waals surface area contributed by atoms with Gasteiger partial charge in [0.25, 0.3) is 5.91 Å². The van der Waals surface area contributed by atoms with E-state index < -0.39 is 0 Å². The topological polar surface area (TPSA) is 56.1 Å². The van der Waals surface area contributed by atoms with Crippen molar-refractivity contribution >= 4 is 11.6 Å². The molecule has 1 heterocycles. The Morgan fingerprint density at radius 3 is 2.68 bits per heavy atom. The van der Waals surface area contributed by atoms with Gasteiger partial charge in [0.1, 0.15) is 5.75 Å². The van der Waals surface area contributed by atoms with Gasteiger partial charge < -0.3 is 10.1 Å². The summed E-state index contributed by atoms with van der Waals surface area (Å²) >= 11 is 0. The van der Waals surface area contributed by atoms with Crippen molar-refractivity contribution in [2.75, 3.05) is 11.9 Å². The number of ether oxygens (including phenoxy) is 1. The van der Waals surface area contributed by atoms with Gasteiger partial charge in [0, 0.05) is 17.4 Å². The third-order valence-electron chi connectivity index (χ3n) is 3.69. The molecule has 25 heavy (non-hydrogen) atoms. The maximum absolute atomic E-state index is 12.5. The summed E-state index contributed by atoms with van der Waals surface area (Å²) in [6, 6.07) is 18.9. The lowest BCUT2D eigenvalue weighted by molar-refractivity contribution is 0.102. The highest BCUT2D eigenvalue weighted by Crippen LogP contribution is 2.19. The molecule has 0 aliphatic carbocycles. The van der Waals surface area contributed by atoms with Crippen LogP contribution in [0.2, 0.25) is 0 Å².